The maximum Gasteiger partial charge on any atom is 0.253 e. The number of aryl methyl sites for hydroxylation is 2. The molecule has 3 heterocycles. The molecule has 1 amide bonds. The molecule has 1 fully saturated rings. The molecule has 0 bridgehead atoms. The molecule has 1 saturated heterocycles. The van der Waals surface area contributed by atoms with Gasteiger partial charge in [0.05, 0.1) is 0 Å². The molecule has 0 saturated carbocycles. The largest absolute Gasteiger partial charge is 0.353 e. The standard InChI is InChI=1S/C22H24N6O/c1-16-11-17(2)13-18(12-16)22(29)28-9-7-27(8-10-28)21-14-20(24-15-25-21)26-19-5-3-4-6-23-19/h3-6,11-15H,7-10H2,1-2H3,(H,23,24,25,26). The average Bonchev–Trinajstić information content (AvgIpc) is 2.74. The van der Waals surface area contributed by atoms with Crippen LogP contribution in [0.25, 0.3) is 0 Å². The molecule has 0 radical (unpaired) electrons. The minimum absolute atomic E-state index is 0.0941. The molecule has 7 nitrogen and oxygen atoms in total. The molecule has 7 heteroatoms. The van der Waals surface area contributed by atoms with Crippen molar-refractivity contribution < 1.29 is 4.79 Å². The number of carbonyl (C=O) groups is 1. The van der Waals surface area contributed by atoms with E-state index in [1.807, 2.05) is 55.1 Å². The van der Waals surface area contributed by atoms with E-state index in [1.54, 1.807) is 12.5 Å². The third kappa shape index (κ3) is 4.51. The van der Waals surface area contributed by atoms with E-state index in [9.17, 15) is 4.79 Å². The van der Waals surface area contributed by atoms with Gasteiger partial charge < -0.3 is 15.1 Å². The molecule has 4 rings (SSSR count). The van der Waals surface area contributed by atoms with Crippen LogP contribution in [0, 0.1) is 13.8 Å². The second-order valence-electron chi connectivity index (χ2n) is 7.26. The van der Waals surface area contributed by atoms with Gasteiger partial charge in [-0.3, -0.25) is 4.79 Å². The smallest absolute Gasteiger partial charge is 0.253 e. The molecule has 29 heavy (non-hydrogen) atoms. The van der Waals surface area contributed by atoms with Crippen LogP contribution < -0.4 is 10.2 Å². The molecule has 3 aromatic rings. The van der Waals surface area contributed by atoms with Gasteiger partial charge in [0.25, 0.3) is 5.91 Å². The number of rotatable bonds is 4. The van der Waals surface area contributed by atoms with Crippen LogP contribution in [0.1, 0.15) is 21.5 Å². The number of amides is 1. The molecule has 0 unspecified atom stereocenters. The highest BCUT2D eigenvalue weighted by Gasteiger charge is 2.23. The second-order valence-corrected chi connectivity index (χ2v) is 7.26. The maximum atomic E-state index is 12.9. The molecule has 0 spiro atoms. The third-order valence-electron chi connectivity index (χ3n) is 4.93. The highest BCUT2D eigenvalue weighted by atomic mass is 16.2. The second kappa shape index (κ2) is 8.26. The molecule has 0 atom stereocenters. The fraction of sp³-hybridized carbons (Fsp3) is 0.273. The van der Waals surface area contributed by atoms with Crippen LogP contribution in [0.15, 0.2) is 55.0 Å². The summed E-state index contributed by atoms with van der Waals surface area (Å²) in [6.07, 6.45) is 3.28. The van der Waals surface area contributed by atoms with E-state index >= 15 is 0 Å². The van der Waals surface area contributed by atoms with Gasteiger partial charge >= 0.3 is 0 Å². The summed E-state index contributed by atoms with van der Waals surface area (Å²) >= 11 is 0. The van der Waals surface area contributed by atoms with Crippen LogP contribution in [-0.2, 0) is 0 Å². The van der Waals surface area contributed by atoms with Crippen molar-refractivity contribution in [2.75, 3.05) is 36.4 Å². The topological polar surface area (TPSA) is 74.2 Å². The Morgan fingerprint density at radius 3 is 2.34 bits per heavy atom. The molecule has 148 valence electrons. The monoisotopic (exact) mass is 388 g/mol. The van der Waals surface area contributed by atoms with Gasteiger partial charge in [0, 0.05) is 44.0 Å². The number of aromatic nitrogens is 3. The van der Waals surface area contributed by atoms with Crippen molar-refractivity contribution in [3.05, 3.63) is 71.7 Å². The van der Waals surface area contributed by atoms with Gasteiger partial charge in [-0.25, -0.2) is 15.0 Å². The number of hydrogen-bond donors (Lipinski definition) is 1. The van der Waals surface area contributed by atoms with Gasteiger partial charge in [-0.2, -0.15) is 0 Å². The first-order valence-electron chi connectivity index (χ1n) is 9.71. The zero-order valence-corrected chi connectivity index (χ0v) is 16.7. The molecular formula is C22H24N6O. The number of nitrogens with one attached hydrogen (secondary N) is 1. The normalized spacial score (nSPS) is 14.0. The van der Waals surface area contributed by atoms with Crippen LogP contribution >= 0.6 is 0 Å². The third-order valence-corrected chi connectivity index (χ3v) is 4.93. The van der Waals surface area contributed by atoms with Crippen molar-refractivity contribution in [1.82, 2.24) is 19.9 Å². The van der Waals surface area contributed by atoms with E-state index in [4.69, 9.17) is 0 Å². The lowest BCUT2D eigenvalue weighted by atomic mass is 10.1. The van der Waals surface area contributed by atoms with E-state index in [0.29, 0.717) is 18.9 Å². The summed E-state index contributed by atoms with van der Waals surface area (Å²) in [5.41, 5.74) is 2.99. The summed E-state index contributed by atoms with van der Waals surface area (Å²) in [5, 5.41) is 3.19. The quantitative estimate of drug-likeness (QED) is 0.740. The Bertz CT molecular complexity index is 979. The summed E-state index contributed by atoms with van der Waals surface area (Å²) in [7, 11) is 0. The van der Waals surface area contributed by atoms with Gasteiger partial charge in [-0.05, 0) is 38.1 Å². The summed E-state index contributed by atoms with van der Waals surface area (Å²) < 4.78 is 0. The van der Waals surface area contributed by atoms with Gasteiger partial charge in [-0.15, -0.1) is 0 Å². The molecule has 1 aliphatic rings. The van der Waals surface area contributed by atoms with Crippen LogP contribution in [0.3, 0.4) is 0 Å². The van der Waals surface area contributed by atoms with E-state index in [2.05, 4.69) is 31.2 Å². The number of carbonyl (C=O) groups excluding carboxylic acids is 1. The maximum absolute atomic E-state index is 12.9. The fourth-order valence-corrected chi connectivity index (χ4v) is 3.58. The zero-order valence-electron chi connectivity index (χ0n) is 16.7. The van der Waals surface area contributed by atoms with Crippen molar-refractivity contribution in [1.29, 1.82) is 0 Å². The van der Waals surface area contributed by atoms with Crippen LogP contribution in [0.4, 0.5) is 17.5 Å². The Morgan fingerprint density at radius 1 is 0.897 bits per heavy atom. The van der Waals surface area contributed by atoms with Gasteiger partial charge in [0.2, 0.25) is 0 Å². The number of benzene rings is 1. The fourth-order valence-electron chi connectivity index (χ4n) is 3.58. The van der Waals surface area contributed by atoms with Crippen LogP contribution in [-0.4, -0.2) is 51.9 Å². The Hall–Kier alpha value is -3.48. The number of hydrogen-bond acceptors (Lipinski definition) is 6. The molecule has 2 aromatic heterocycles. The first-order valence-corrected chi connectivity index (χ1v) is 9.71. The van der Waals surface area contributed by atoms with Crippen LogP contribution in [0.5, 0.6) is 0 Å². The summed E-state index contributed by atoms with van der Waals surface area (Å²) in [6, 6.07) is 13.6. The Morgan fingerprint density at radius 2 is 1.66 bits per heavy atom. The minimum Gasteiger partial charge on any atom is -0.353 e. The van der Waals surface area contributed by atoms with Crippen molar-refractivity contribution in [3.8, 4) is 0 Å². The summed E-state index contributed by atoms with van der Waals surface area (Å²) in [6.45, 7) is 6.84. The first kappa shape index (κ1) is 18.9. The first-order chi connectivity index (χ1) is 14.1. The summed E-state index contributed by atoms with van der Waals surface area (Å²) in [5.74, 6) is 2.37. The minimum atomic E-state index is 0.0941. The number of nitrogens with zero attached hydrogens (tertiary/aromatic N) is 5. The highest BCUT2D eigenvalue weighted by Crippen LogP contribution is 2.20. The van der Waals surface area contributed by atoms with Crippen molar-refractivity contribution >= 4 is 23.4 Å². The lowest BCUT2D eigenvalue weighted by Crippen LogP contribution is -2.49. The zero-order chi connectivity index (χ0) is 20.2. The number of anilines is 3. The SMILES string of the molecule is Cc1cc(C)cc(C(=O)N2CCN(c3cc(Nc4ccccn4)ncn3)CC2)c1. The predicted octanol–water partition coefficient (Wildman–Crippen LogP) is 3.19. The van der Waals surface area contributed by atoms with Gasteiger partial charge in [0.15, 0.2) is 0 Å². The molecular weight excluding hydrogens is 364 g/mol. The lowest BCUT2D eigenvalue weighted by molar-refractivity contribution is 0.0746. The van der Waals surface area contributed by atoms with E-state index in [0.717, 1.165) is 41.4 Å². The molecule has 0 aliphatic carbocycles. The summed E-state index contributed by atoms with van der Waals surface area (Å²) in [4.78, 5) is 29.9. The molecule has 1 aromatic carbocycles. The highest BCUT2D eigenvalue weighted by molar-refractivity contribution is 5.94. The number of piperazine rings is 1. The Balaban J connectivity index is 1.40. The van der Waals surface area contributed by atoms with Gasteiger partial charge in [0.1, 0.15) is 23.8 Å². The average molecular weight is 388 g/mol. The van der Waals surface area contributed by atoms with E-state index in [-0.39, 0.29) is 5.91 Å². The Labute approximate surface area is 170 Å². The van der Waals surface area contributed by atoms with Crippen molar-refractivity contribution in [3.63, 3.8) is 0 Å². The van der Waals surface area contributed by atoms with Crippen molar-refractivity contribution in [2.45, 2.75) is 13.8 Å². The van der Waals surface area contributed by atoms with E-state index < -0.39 is 0 Å². The van der Waals surface area contributed by atoms with Crippen LogP contribution in [0.2, 0.25) is 0 Å². The van der Waals surface area contributed by atoms with Crippen molar-refractivity contribution in [2.24, 2.45) is 0 Å². The predicted molar refractivity (Wildman–Crippen MR) is 114 cm³/mol. The Kier molecular flexibility index (Phi) is 5.37. The molecule has 1 N–H and O–H groups in total. The molecule has 1 aliphatic heterocycles. The van der Waals surface area contributed by atoms with Gasteiger partial charge in [-0.1, -0.05) is 23.3 Å². The lowest BCUT2D eigenvalue weighted by Gasteiger charge is -2.35. The number of pyridine rings is 1. The van der Waals surface area contributed by atoms with E-state index in [1.165, 1.54) is 0 Å².